The van der Waals surface area contributed by atoms with Gasteiger partial charge in [0.15, 0.2) is 0 Å². The van der Waals surface area contributed by atoms with Gasteiger partial charge in [-0.25, -0.2) is 4.39 Å². The van der Waals surface area contributed by atoms with Gasteiger partial charge in [-0.2, -0.15) is 0 Å². The van der Waals surface area contributed by atoms with Gasteiger partial charge in [-0.05, 0) is 17.7 Å². The monoisotopic (exact) mass is 171 g/mol. The molecule has 0 aliphatic rings. The number of hydrogen-bond donors (Lipinski definition) is 0. The fraction of sp³-hybridized carbons (Fsp3) is 0. The maximum absolute atomic E-state index is 13.3. The first-order valence-electron chi connectivity index (χ1n) is 4.09. The molecular weight excluding hydrogens is 163 g/mol. The summed E-state index contributed by atoms with van der Waals surface area (Å²) in [5, 5.41) is 0. The Balaban J connectivity index is 2.54. The molecule has 0 heterocycles. The van der Waals surface area contributed by atoms with E-state index < -0.39 is 0 Å². The molecule has 0 aliphatic carbocycles. The molecule has 63 valence electrons. The molecule has 0 saturated carbocycles. The molecule has 0 atom stereocenters. The minimum absolute atomic E-state index is 0.186. The lowest BCUT2D eigenvalue weighted by molar-refractivity contribution is 0.631. The van der Waals surface area contributed by atoms with Gasteiger partial charge in [-0.1, -0.05) is 42.5 Å². The number of hydrogen-bond acceptors (Lipinski definition) is 0. The molecule has 0 spiro atoms. The zero-order valence-electron chi connectivity index (χ0n) is 7.00. The number of rotatable bonds is 1. The molecule has 2 aromatic carbocycles. The molecule has 0 aliphatic heterocycles. The third kappa shape index (κ3) is 1.59. The molecule has 0 fully saturated rings. The SMILES string of the molecule is Fc1ccccc1-c1cc[c]cc1. The predicted molar refractivity (Wildman–Crippen MR) is 50.7 cm³/mol. The maximum Gasteiger partial charge on any atom is 0.131 e. The Morgan fingerprint density at radius 2 is 1.62 bits per heavy atom. The summed E-state index contributed by atoms with van der Waals surface area (Å²) in [6.07, 6.45) is 0. The topological polar surface area (TPSA) is 0 Å². The van der Waals surface area contributed by atoms with Crippen LogP contribution in [0.5, 0.6) is 0 Å². The first-order valence-corrected chi connectivity index (χ1v) is 4.09. The van der Waals surface area contributed by atoms with Gasteiger partial charge in [-0.3, -0.25) is 0 Å². The van der Waals surface area contributed by atoms with Crippen LogP contribution >= 0.6 is 0 Å². The van der Waals surface area contributed by atoms with Gasteiger partial charge >= 0.3 is 0 Å². The Bertz CT molecular complexity index is 393. The van der Waals surface area contributed by atoms with Crippen LogP contribution in [0.4, 0.5) is 4.39 Å². The van der Waals surface area contributed by atoms with E-state index in [2.05, 4.69) is 6.07 Å². The number of benzene rings is 2. The molecule has 1 radical (unpaired) electrons. The van der Waals surface area contributed by atoms with Gasteiger partial charge < -0.3 is 0 Å². The summed E-state index contributed by atoms with van der Waals surface area (Å²) in [5.41, 5.74) is 1.52. The fourth-order valence-corrected chi connectivity index (χ4v) is 1.26. The average molecular weight is 171 g/mol. The van der Waals surface area contributed by atoms with Crippen molar-refractivity contribution in [3.63, 3.8) is 0 Å². The Morgan fingerprint density at radius 1 is 0.923 bits per heavy atom. The van der Waals surface area contributed by atoms with Crippen LogP contribution in [0.2, 0.25) is 0 Å². The standard InChI is InChI=1S/C12H8F/c13-12-9-5-4-8-11(12)10-6-2-1-3-7-10/h2-9H. The first kappa shape index (κ1) is 7.99. The quantitative estimate of drug-likeness (QED) is 0.617. The zero-order chi connectivity index (χ0) is 9.10. The number of halogens is 1. The highest BCUT2D eigenvalue weighted by atomic mass is 19.1. The fourth-order valence-electron chi connectivity index (χ4n) is 1.26. The van der Waals surface area contributed by atoms with Crippen molar-refractivity contribution >= 4 is 0 Å². The summed E-state index contributed by atoms with van der Waals surface area (Å²) in [4.78, 5) is 0. The summed E-state index contributed by atoms with van der Waals surface area (Å²) in [6, 6.07) is 16.9. The summed E-state index contributed by atoms with van der Waals surface area (Å²) < 4.78 is 13.3. The van der Waals surface area contributed by atoms with Crippen LogP contribution in [0.25, 0.3) is 11.1 Å². The van der Waals surface area contributed by atoms with Crippen LogP contribution in [-0.2, 0) is 0 Å². The van der Waals surface area contributed by atoms with E-state index in [9.17, 15) is 4.39 Å². The molecule has 0 saturated heterocycles. The van der Waals surface area contributed by atoms with E-state index in [0.717, 1.165) is 5.56 Å². The highest BCUT2D eigenvalue weighted by Crippen LogP contribution is 2.21. The second kappa shape index (κ2) is 3.40. The summed E-state index contributed by atoms with van der Waals surface area (Å²) in [6.45, 7) is 0. The van der Waals surface area contributed by atoms with Crippen molar-refractivity contribution < 1.29 is 4.39 Å². The van der Waals surface area contributed by atoms with E-state index >= 15 is 0 Å². The van der Waals surface area contributed by atoms with Gasteiger partial charge in [0.2, 0.25) is 0 Å². The Hall–Kier alpha value is -1.63. The second-order valence-corrected chi connectivity index (χ2v) is 2.77. The lowest BCUT2D eigenvalue weighted by Gasteiger charge is -2.01. The van der Waals surface area contributed by atoms with E-state index in [0.29, 0.717) is 5.56 Å². The molecule has 2 aromatic rings. The van der Waals surface area contributed by atoms with Crippen LogP contribution in [0.15, 0.2) is 48.5 Å². The van der Waals surface area contributed by atoms with Gasteiger partial charge in [0.25, 0.3) is 0 Å². The Morgan fingerprint density at radius 3 is 2.31 bits per heavy atom. The lowest BCUT2D eigenvalue weighted by atomic mass is 10.1. The average Bonchev–Trinajstić information content (AvgIpc) is 2.20. The largest absolute Gasteiger partial charge is 0.206 e. The minimum Gasteiger partial charge on any atom is -0.206 e. The second-order valence-electron chi connectivity index (χ2n) is 2.77. The van der Waals surface area contributed by atoms with Gasteiger partial charge in [0.05, 0.1) is 0 Å². The van der Waals surface area contributed by atoms with E-state index in [-0.39, 0.29) is 5.82 Å². The summed E-state index contributed by atoms with van der Waals surface area (Å²) in [5.74, 6) is -0.186. The van der Waals surface area contributed by atoms with E-state index in [1.165, 1.54) is 6.07 Å². The molecule has 0 amide bonds. The van der Waals surface area contributed by atoms with E-state index in [1.807, 2.05) is 18.2 Å². The van der Waals surface area contributed by atoms with Gasteiger partial charge in [0, 0.05) is 5.56 Å². The molecule has 0 nitrogen and oxygen atoms in total. The van der Waals surface area contributed by atoms with Crippen molar-refractivity contribution in [2.75, 3.05) is 0 Å². The van der Waals surface area contributed by atoms with Crippen molar-refractivity contribution in [2.24, 2.45) is 0 Å². The predicted octanol–water partition coefficient (Wildman–Crippen LogP) is 3.29. The lowest BCUT2D eigenvalue weighted by Crippen LogP contribution is -1.81. The van der Waals surface area contributed by atoms with E-state index in [4.69, 9.17) is 0 Å². The zero-order valence-corrected chi connectivity index (χ0v) is 7.00. The maximum atomic E-state index is 13.3. The summed E-state index contributed by atoms with van der Waals surface area (Å²) in [7, 11) is 0. The van der Waals surface area contributed by atoms with E-state index in [1.54, 1.807) is 24.3 Å². The van der Waals surface area contributed by atoms with Crippen LogP contribution in [0.1, 0.15) is 0 Å². The highest BCUT2D eigenvalue weighted by Gasteiger charge is 2.01. The normalized spacial score (nSPS) is 9.92. The van der Waals surface area contributed by atoms with Crippen LogP contribution < -0.4 is 0 Å². The highest BCUT2D eigenvalue weighted by molar-refractivity contribution is 5.63. The third-order valence-electron chi connectivity index (χ3n) is 1.90. The van der Waals surface area contributed by atoms with Crippen molar-refractivity contribution in [3.05, 3.63) is 60.4 Å². The molecule has 13 heavy (non-hydrogen) atoms. The van der Waals surface area contributed by atoms with Crippen molar-refractivity contribution in [1.29, 1.82) is 0 Å². The summed E-state index contributed by atoms with van der Waals surface area (Å²) >= 11 is 0. The van der Waals surface area contributed by atoms with Crippen LogP contribution in [-0.4, -0.2) is 0 Å². The molecule has 0 N–H and O–H groups in total. The van der Waals surface area contributed by atoms with Gasteiger partial charge in [-0.15, -0.1) is 0 Å². The minimum atomic E-state index is -0.186. The molecule has 2 rings (SSSR count). The molecule has 0 unspecified atom stereocenters. The third-order valence-corrected chi connectivity index (χ3v) is 1.90. The van der Waals surface area contributed by atoms with Crippen molar-refractivity contribution in [1.82, 2.24) is 0 Å². The van der Waals surface area contributed by atoms with Crippen molar-refractivity contribution in [3.8, 4) is 11.1 Å². The van der Waals surface area contributed by atoms with Gasteiger partial charge in [0.1, 0.15) is 5.82 Å². The Labute approximate surface area is 76.7 Å². The molecule has 0 aromatic heterocycles. The first-order chi connectivity index (χ1) is 6.38. The molecular formula is C12H8F. The van der Waals surface area contributed by atoms with Crippen molar-refractivity contribution in [2.45, 2.75) is 0 Å². The molecule has 1 heteroatoms. The van der Waals surface area contributed by atoms with Crippen LogP contribution in [0.3, 0.4) is 0 Å². The molecule has 0 bridgehead atoms. The smallest absolute Gasteiger partial charge is 0.131 e. The van der Waals surface area contributed by atoms with Crippen LogP contribution in [0, 0.1) is 11.9 Å². The Kier molecular flexibility index (Phi) is 2.09.